The smallest absolute Gasteiger partial charge is 0.224 e. The van der Waals surface area contributed by atoms with E-state index in [1.54, 1.807) is 11.8 Å². The first-order chi connectivity index (χ1) is 15.3. The summed E-state index contributed by atoms with van der Waals surface area (Å²) in [5.41, 5.74) is 5.08. The highest BCUT2D eigenvalue weighted by Crippen LogP contribution is 2.32. The van der Waals surface area contributed by atoms with E-state index in [2.05, 4.69) is 34.6 Å². The minimum Gasteiger partial charge on any atom is -0.332 e. The number of rotatable bonds is 9. The Morgan fingerprint density at radius 2 is 1.42 bits per heavy atom. The Morgan fingerprint density at radius 3 is 2.10 bits per heavy atom. The number of para-hydroxylation sites is 1. The number of thioether (sulfide) groups is 1. The van der Waals surface area contributed by atoms with Crippen molar-refractivity contribution >= 4 is 23.4 Å². The third-order valence-electron chi connectivity index (χ3n) is 4.89. The van der Waals surface area contributed by atoms with Gasteiger partial charge in [-0.25, -0.2) is 4.98 Å². The Morgan fingerprint density at radius 1 is 0.806 bits per heavy atom. The van der Waals surface area contributed by atoms with E-state index in [9.17, 15) is 4.79 Å². The van der Waals surface area contributed by atoms with Crippen LogP contribution in [0.15, 0.2) is 96.2 Å². The second kappa shape index (κ2) is 10.6. The molecular weight excluding hydrogens is 402 g/mol. The Labute approximate surface area is 187 Å². The Bertz CT molecular complexity index is 1040. The van der Waals surface area contributed by atoms with Crippen molar-refractivity contribution in [3.63, 3.8) is 0 Å². The number of anilines is 1. The molecule has 1 heterocycles. The number of aromatic nitrogens is 2. The Balaban J connectivity index is 1.34. The molecule has 1 amide bonds. The maximum absolute atomic E-state index is 12.1. The third-order valence-corrected chi connectivity index (χ3v) is 5.85. The molecule has 0 saturated carbocycles. The average Bonchev–Trinajstić information content (AvgIpc) is 3.25. The molecule has 0 unspecified atom stereocenters. The van der Waals surface area contributed by atoms with E-state index in [1.165, 1.54) is 0 Å². The van der Waals surface area contributed by atoms with Crippen LogP contribution in [0.25, 0.3) is 22.5 Å². The fourth-order valence-corrected chi connectivity index (χ4v) is 4.21. The first-order valence-corrected chi connectivity index (χ1v) is 11.5. The zero-order valence-corrected chi connectivity index (χ0v) is 18.1. The predicted octanol–water partition coefficient (Wildman–Crippen LogP) is 6.64. The van der Waals surface area contributed by atoms with E-state index in [1.807, 2.05) is 66.7 Å². The van der Waals surface area contributed by atoms with Crippen molar-refractivity contribution in [2.24, 2.45) is 0 Å². The summed E-state index contributed by atoms with van der Waals surface area (Å²) in [6, 6.07) is 30.1. The number of H-pyrrole nitrogens is 1. The summed E-state index contributed by atoms with van der Waals surface area (Å²) >= 11 is 1.70. The van der Waals surface area contributed by atoms with Crippen LogP contribution >= 0.6 is 11.8 Å². The van der Waals surface area contributed by atoms with E-state index >= 15 is 0 Å². The van der Waals surface area contributed by atoms with Gasteiger partial charge in [-0.15, -0.1) is 0 Å². The fourth-order valence-electron chi connectivity index (χ4n) is 3.34. The summed E-state index contributed by atoms with van der Waals surface area (Å²) in [5, 5.41) is 3.84. The molecule has 5 heteroatoms. The SMILES string of the molecule is O=C(CCCCSc1nc(-c2ccccc2)c(-c2ccccc2)[nH]1)Nc1ccccc1. The van der Waals surface area contributed by atoms with Gasteiger partial charge < -0.3 is 10.3 Å². The summed E-state index contributed by atoms with van der Waals surface area (Å²) in [5.74, 6) is 0.973. The van der Waals surface area contributed by atoms with Gasteiger partial charge >= 0.3 is 0 Å². The highest BCUT2D eigenvalue weighted by Gasteiger charge is 2.14. The fraction of sp³-hybridized carbons (Fsp3) is 0.154. The molecule has 31 heavy (non-hydrogen) atoms. The number of imidazole rings is 1. The highest BCUT2D eigenvalue weighted by atomic mass is 32.2. The minimum absolute atomic E-state index is 0.0620. The molecule has 0 radical (unpaired) electrons. The third kappa shape index (κ3) is 5.86. The molecule has 0 aliphatic heterocycles. The van der Waals surface area contributed by atoms with Gasteiger partial charge in [0.25, 0.3) is 0 Å². The zero-order chi connectivity index (χ0) is 21.3. The largest absolute Gasteiger partial charge is 0.332 e. The van der Waals surface area contributed by atoms with Crippen LogP contribution < -0.4 is 5.32 Å². The van der Waals surface area contributed by atoms with Crippen molar-refractivity contribution in [3.05, 3.63) is 91.0 Å². The van der Waals surface area contributed by atoms with Crippen molar-refractivity contribution < 1.29 is 4.79 Å². The van der Waals surface area contributed by atoms with E-state index in [0.29, 0.717) is 6.42 Å². The summed E-state index contributed by atoms with van der Waals surface area (Å²) < 4.78 is 0. The van der Waals surface area contributed by atoms with Gasteiger partial charge in [0, 0.05) is 29.0 Å². The van der Waals surface area contributed by atoms with Crippen molar-refractivity contribution in [1.29, 1.82) is 0 Å². The Kier molecular flexibility index (Phi) is 7.19. The lowest BCUT2D eigenvalue weighted by atomic mass is 10.1. The molecule has 156 valence electrons. The van der Waals surface area contributed by atoms with E-state index in [-0.39, 0.29) is 5.91 Å². The van der Waals surface area contributed by atoms with Gasteiger partial charge in [-0.2, -0.15) is 0 Å². The monoisotopic (exact) mass is 427 g/mol. The standard InChI is InChI=1S/C26H25N3OS/c30-23(27-22-16-8-3-9-17-22)18-10-11-19-31-26-28-24(20-12-4-1-5-13-20)25(29-26)21-14-6-2-7-15-21/h1-9,12-17H,10-11,18-19H2,(H,27,30)(H,28,29). The molecule has 0 aliphatic rings. The summed E-state index contributed by atoms with van der Waals surface area (Å²) in [4.78, 5) is 20.4. The Hall–Kier alpha value is -3.31. The van der Waals surface area contributed by atoms with Crippen LogP contribution in [0, 0.1) is 0 Å². The van der Waals surface area contributed by atoms with Crippen LogP contribution in [0.2, 0.25) is 0 Å². The van der Waals surface area contributed by atoms with Crippen LogP contribution in [0.1, 0.15) is 19.3 Å². The number of hydrogen-bond donors (Lipinski definition) is 2. The van der Waals surface area contributed by atoms with Crippen LogP contribution in [0.5, 0.6) is 0 Å². The minimum atomic E-state index is 0.0620. The lowest BCUT2D eigenvalue weighted by molar-refractivity contribution is -0.116. The summed E-state index contributed by atoms with van der Waals surface area (Å²) in [6.45, 7) is 0. The van der Waals surface area contributed by atoms with Crippen LogP contribution in [-0.4, -0.2) is 21.6 Å². The summed E-state index contributed by atoms with van der Waals surface area (Å²) in [7, 11) is 0. The highest BCUT2D eigenvalue weighted by molar-refractivity contribution is 7.99. The number of aromatic amines is 1. The number of hydrogen-bond acceptors (Lipinski definition) is 3. The van der Waals surface area contributed by atoms with Crippen LogP contribution in [-0.2, 0) is 4.79 Å². The van der Waals surface area contributed by atoms with Gasteiger partial charge in [0.05, 0.1) is 11.4 Å². The van der Waals surface area contributed by atoms with Gasteiger partial charge in [0.15, 0.2) is 5.16 Å². The number of carbonyl (C=O) groups excluding carboxylic acids is 1. The van der Waals surface area contributed by atoms with Gasteiger partial charge in [-0.3, -0.25) is 4.79 Å². The maximum atomic E-state index is 12.1. The van der Waals surface area contributed by atoms with Crippen molar-refractivity contribution in [3.8, 4) is 22.5 Å². The van der Waals surface area contributed by atoms with Gasteiger partial charge in [-0.1, -0.05) is 90.6 Å². The van der Waals surface area contributed by atoms with E-state index < -0.39 is 0 Å². The second-order valence-corrected chi connectivity index (χ2v) is 8.30. The number of carbonyl (C=O) groups is 1. The van der Waals surface area contributed by atoms with E-state index in [4.69, 9.17) is 4.98 Å². The molecule has 2 N–H and O–H groups in total. The molecule has 0 spiro atoms. The zero-order valence-electron chi connectivity index (χ0n) is 17.3. The molecule has 0 atom stereocenters. The topological polar surface area (TPSA) is 57.8 Å². The average molecular weight is 428 g/mol. The van der Waals surface area contributed by atoms with Crippen molar-refractivity contribution in [1.82, 2.24) is 9.97 Å². The molecule has 0 aliphatic carbocycles. The molecule has 3 aromatic carbocycles. The predicted molar refractivity (Wildman–Crippen MR) is 129 cm³/mol. The second-order valence-electron chi connectivity index (χ2n) is 7.22. The lowest BCUT2D eigenvalue weighted by Crippen LogP contribution is -2.10. The number of unbranched alkanes of at least 4 members (excludes halogenated alkanes) is 1. The molecule has 4 nitrogen and oxygen atoms in total. The maximum Gasteiger partial charge on any atom is 0.224 e. The number of benzene rings is 3. The van der Waals surface area contributed by atoms with Gasteiger partial charge in [0.1, 0.15) is 0 Å². The quantitative estimate of drug-likeness (QED) is 0.232. The molecule has 0 fully saturated rings. The number of nitrogens with one attached hydrogen (secondary N) is 2. The molecule has 0 bridgehead atoms. The van der Waals surface area contributed by atoms with Crippen LogP contribution in [0.4, 0.5) is 5.69 Å². The van der Waals surface area contributed by atoms with Crippen LogP contribution in [0.3, 0.4) is 0 Å². The van der Waals surface area contributed by atoms with Crippen molar-refractivity contribution in [2.75, 3.05) is 11.1 Å². The van der Waals surface area contributed by atoms with E-state index in [0.717, 1.165) is 52.0 Å². The molecule has 4 rings (SSSR count). The first-order valence-electron chi connectivity index (χ1n) is 10.5. The van der Waals surface area contributed by atoms with Gasteiger partial charge in [-0.05, 0) is 25.0 Å². The van der Waals surface area contributed by atoms with Gasteiger partial charge in [0.2, 0.25) is 5.91 Å². The molecular formula is C26H25N3OS. The van der Waals surface area contributed by atoms with Crippen molar-refractivity contribution in [2.45, 2.75) is 24.4 Å². The number of amides is 1. The number of nitrogens with zero attached hydrogens (tertiary/aromatic N) is 1. The first kappa shape index (κ1) is 20.9. The molecule has 4 aromatic rings. The normalized spacial score (nSPS) is 10.7. The molecule has 1 aromatic heterocycles. The summed E-state index contributed by atoms with van der Waals surface area (Å²) in [6.07, 6.45) is 2.33. The lowest BCUT2D eigenvalue weighted by Gasteiger charge is -2.04. The molecule has 0 saturated heterocycles.